The minimum absolute atomic E-state index is 0.0243. The van der Waals surface area contributed by atoms with Gasteiger partial charge in [0.05, 0.1) is 41.7 Å². The number of ether oxygens (including phenoxy) is 1. The molecule has 0 aromatic heterocycles. The maximum atomic E-state index is 13.4. The summed E-state index contributed by atoms with van der Waals surface area (Å²) >= 11 is 0. The lowest BCUT2D eigenvalue weighted by Gasteiger charge is -2.43. The number of nitrogens with two attached hydrogens (primary N) is 1. The van der Waals surface area contributed by atoms with Gasteiger partial charge in [0, 0.05) is 24.6 Å². The number of nitrogens with one attached hydrogen (secondary N) is 2. The van der Waals surface area contributed by atoms with Crippen LogP contribution in [0.5, 0.6) is 5.75 Å². The molecule has 0 spiro atoms. The van der Waals surface area contributed by atoms with Crippen LogP contribution >= 0.6 is 0 Å². The van der Waals surface area contributed by atoms with Crippen LogP contribution < -0.4 is 21.1 Å². The molecule has 1 aromatic rings. The van der Waals surface area contributed by atoms with Gasteiger partial charge >= 0.3 is 0 Å². The molecule has 8 nitrogen and oxygen atoms in total. The van der Waals surface area contributed by atoms with Crippen LogP contribution in [-0.4, -0.2) is 78.8 Å². The van der Waals surface area contributed by atoms with Crippen LogP contribution in [0.4, 0.5) is 0 Å². The Hall–Kier alpha value is -2.16. The Morgan fingerprint density at radius 2 is 2.09 bits per heavy atom. The van der Waals surface area contributed by atoms with E-state index in [0.29, 0.717) is 36.7 Å². The molecule has 2 heterocycles. The number of fused-ring (bicyclic) bond motifs is 1. The number of likely N-dealkylation sites (tertiary alicyclic amines) is 1. The number of rotatable bonds is 8. The highest BCUT2D eigenvalue weighted by molar-refractivity contribution is 5.97. The van der Waals surface area contributed by atoms with E-state index >= 15 is 0 Å². The quantitative estimate of drug-likeness (QED) is 0.340. The van der Waals surface area contributed by atoms with Crippen LogP contribution in [0.15, 0.2) is 23.2 Å². The number of amides is 1. The maximum Gasteiger partial charge on any atom is 0.255 e. The Bertz CT molecular complexity index is 918. The van der Waals surface area contributed by atoms with Crippen molar-refractivity contribution in [1.29, 1.82) is 0 Å². The van der Waals surface area contributed by atoms with Crippen molar-refractivity contribution in [3.8, 4) is 5.75 Å². The van der Waals surface area contributed by atoms with E-state index in [9.17, 15) is 9.90 Å². The average molecular weight is 474 g/mol. The molecule has 0 bridgehead atoms. The van der Waals surface area contributed by atoms with Crippen molar-refractivity contribution in [1.82, 2.24) is 15.5 Å². The van der Waals surface area contributed by atoms with E-state index in [2.05, 4.69) is 36.3 Å². The second-order valence-electron chi connectivity index (χ2n) is 10.7. The Kier molecular flexibility index (Phi) is 7.95. The van der Waals surface area contributed by atoms with Gasteiger partial charge in [0.1, 0.15) is 5.75 Å². The molecule has 190 valence electrons. The predicted molar refractivity (Wildman–Crippen MR) is 137 cm³/mol. The molecule has 0 radical (unpaired) electrons. The number of para-hydroxylation sites is 1. The zero-order valence-electron chi connectivity index (χ0n) is 21.8. The lowest BCUT2D eigenvalue weighted by Crippen LogP contribution is -2.62. The molecule has 0 saturated carbocycles. The molecular formula is C26H43N5O3. The minimum Gasteiger partial charge on any atom is -0.492 e. The van der Waals surface area contributed by atoms with Gasteiger partial charge in [-0.1, -0.05) is 32.9 Å². The van der Waals surface area contributed by atoms with E-state index in [1.807, 2.05) is 40.1 Å². The summed E-state index contributed by atoms with van der Waals surface area (Å²) in [5.41, 5.74) is 7.00. The summed E-state index contributed by atoms with van der Waals surface area (Å²) in [7, 11) is 3.85. The third-order valence-electron chi connectivity index (χ3n) is 7.89. The van der Waals surface area contributed by atoms with Crippen molar-refractivity contribution in [3.63, 3.8) is 0 Å². The first kappa shape index (κ1) is 26.4. The number of nitrogens with zero attached hydrogens (tertiary/aromatic N) is 2. The highest BCUT2D eigenvalue weighted by atomic mass is 16.5. The van der Waals surface area contributed by atoms with Crippen molar-refractivity contribution in [3.05, 3.63) is 29.3 Å². The number of amidine groups is 1. The molecule has 1 amide bonds. The molecule has 1 aromatic carbocycles. The number of benzene rings is 1. The van der Waals surface area contributed by atoms with Crippen molar-refractivity contribution < 1.29 is 14.6 Å². The normalized spacial score (nSPS) is 28.6. The largest absolute Gasteiger partial charge is 0.492 e. The van der Waals surface area contributed by atoms with Gasteiger partial charge < -0.3 is 26.2 Å². The summed E-state index contributed by atoms with van der Waals surface area (Å²) in [6.07, 6.45) is 1.68. The predicted octanol–water partition coefficient (Wildman–Crippen LogP) is 2.04. The number of likely N-dealkylation sites (N-methyl/N-ethyl adjacent to an activating group) is 2. The lowest BCUT2D eigenvalue weighted by molar-refractivity contribution is 0.0197. The Morgan fingerprint density at radius 3 is 2.74 bits per heavy atom. The van der Waals surface area contributed by atoms with E-state index < -0.39 is 17.7 Å². The SMILES string of the molecule is CCCC(N)=NC(C(C)NC)[C@@]1(C)[C@H](O)[C@H](NC(=O)c2cccc3c2OCCC3(C)C)CN1C. The van der Waals surface area contributed by atoms with Crippen molar-refractivity contribution in [2.75, 3.05) is 27.2 Å². The zero-order chi connectivity index (χ0) is 25.3. The van der Waals surface area contributed by atoms with Crippen LogP contribution in [-0.2, 0) is 5.41 Å². The monoisotopic (exact) mass is 473 g/mol. The summed E-state index contributed by atoms with van der Waals surface area (Å²) in [6.45, 7) is 11.5. The number of aliphatic imine (C=N–C) groups is 1. The fraction of sp³-hybridized carbons (Fsp3) is 0.692. The molecule has 2 unspecified atom stereocenters. The van der Waals surface area contributed by atoms with Gasteiger partial charge in [-0.05, 0) is 52.3 Å². The van der Waals surface area contributed by atoms with Gasteiger partial charge in [0.25, 0.3) is 5.91 Å². The van der Waals surface area contributed by atoms with Crippen LogP contribution in [0.3, 0.4) is 0 Å². The molecule has 5 atom stereocenters. The van der Waals surface area contributed by atoms with E-state index in [1.54, 1.807) is 6.07 Å². The molecule has 1 saturated heterocycles. The summed E-state index contributed by atoms with van der Waals surface area (Å²) in [5.74, 6) is 1.00. The summed E-state index contributed by atoms with van der Waals surface area (Å²) in [4.78, 5) is 20.3. The van der Waals surface area contributed by atoms with Gasteiger partial charge in [-0.2, -0.15) is 0 Å². The number of carbonyl (C=O) groups excluding carboxylic acids is 1. The minimum atomic E-state index is -0.836. The second-order valence-corrected chi connectivity index (χ2v) is 10.7. The smallest absolute Gasteiger partial charge is 0.255 e. The van der Waals surface area contributed by atoms with Gasteiger partial charge in [-0.3, -0.25) is 14.7 Å². The first-order valence-electron chi connectivity index (χ1n) is 12.4. The van der Waals surface area contributed by atoms with Crippen LogP contribution in [0.25, 0.3) is 0 Å². The standard InChI is InChI=1S/C26H43N5O3/c1-8-10-20(27)30-22(16(2)28-6)26(5)23(32)19(15-31(26)7)29-24(33)17-11-9-12-18-21(17)34-14-13-25(18,3)4/h9,11-12,16,19,22-23,28,32H,8,10,13-15H2,1-7H3,(H2,27,30)(H,29,33)/t16?,19-,22?,23-,26+/m1/s1. The molecule has 1 fully saturated rings. The van der Waals surface area contributed by atoms with Crippen molar-refractivity contribution in [2.24, 2.45) is 10.7 Å². The van der Waals surface area contributed by atoms with E-state index in [1.165, 1.54) is 0 Å². The molecule has 2 aliphatic rings. The first-order valence-corrected chi connectivity index (χ1v) is 12.4. The number of hydrogen-bond donors (Lipinski definition) is 4. The third kappa shape index (κ3) is 4.81. The Labute approximate surface area is 204 Å². The van der Waals surface area contributed by atoms with E-state index in [0.717, 1.165) is 18.4 Å². The highest BCUT2D eigenvalue weighted by Crippen LogP contribution is 2.40. The topological polar surface area (TPSA) is 112 Å². The average Bonchev–Trinajstić information content (AvgIpc) is 3.00. The van der Waals surface area contributed by atoms with Gasteiger partial charge in [-0.25, -0.2) is 0 Å². The number of hydrogen-bond acceptors (Lipinski definition) is 6. The van der Waals surface area contributed by atoms with Crippen molar-refractivity contribution >= 4 is 11.7 Å². The summed E-state index contributed by atoms with van der Waals surface area (Å²) in [6, 6.07) is 4.96. The van der Waals surface area contributed by atoms with Crippen LogP contribution in [0.1, 0.15) is 69.8 Å². The number of carbonyl (C=O) groups is 1. The molecular weight excluding hydrogens is 430 g/mol. The third-order valence-corrected chi connectivity index (χ3v) is 7.89. The molecule has 34 heavy (non-hydrogen) atoms. The van der Waals surface area contributed by atoms with E-state index in [4.69, 9.17) is 15.5 Å². The molecule has 3 rings (SSSR count). The zero-order valence-corrected chi connectivity index (χ0v) is 21.8. The van der Waals surface area contributed by atoms with Gasteiger partial charge in [0.15, 0.2) is 0 Å². The molecule has 2 aliphatic heterocycles. The summed E-state index contributed by atoms with van der Waals surface area (Å²) < 4.78 is 5.94. The fourth-order valence-corrected chi connectivity index (χ4v) is 5.35. The van der Waals surface area contributed by atoms with Gasteiger partial charge in [-0.15, -0.1) is 0 Å². The lowest BCUT2D eigenvalue weighted by atomic mass is 9.79. The number of aliphatic hydroxyl groups excluding tert-OH is 1. The Balaban J connectivity index is 1.87. The van der Waals surface area contributed by atoms with E-state index in [-0.39, 0.29) is 23.4 Å². The molecule has 0 aliphatic carbocycles. The Morgan fingerprint density at radius 1 is 1.38 bits per heavy atom. The van der Waals surface area contributed by atoms with Crippen molar-refractivity contribution in [2.45, 2.75) is 89.1 Å². The molecule has 5 N–H and O–H groups in total. The summed E-state index contributed by atoms with van der Waals surface area (Å²) in [5, 5.41) is 17.9. The fourth-order valence-electron chi connectivity index (χ4n) is 5.35. The maximum absolute atomic E-state index is 13.4. The van der Waals surface area contributed by atoms with Crippen LogP contribution in [0, 0.1) is 0 Å². The highest BCUT2D eigenvalue weighted by Gasteiger charge is 2.55. The van der Waals surface area contributed by atoms with Gasteiger partial charge in [0.2, 0.25) is 0 Å². The number of aliphatic hydroxyl groups is 1. The first-order chi connectivity index (χ1) is 16.0. The molecule has 8 heteroatoms. The van der Waals surface area contributed by atoms with Crippen LogP contribution in [0.2, 0.25) is 0 Å². The second kappa shape index (κ2) is 10.2.